The van der Waals surface area contributed by atoms with Gasteiger partial charge in [-0.1, -0.05) is 25.0 Å². The highest BCUT2D eigenvalue weighted by molar-refractivity contribution is 5.88. The summed E-state index contributed by atoms with van der Waals surface area (Å²) in [6, 6.07) is 7.36. The van der Waals surface area contributed by atoms with Crippen molar-refractivity contribution < 1.29 is 9.18 Å². The Kier molecular flexibility index (Phi) is 7.41. The van der Waals surface area contributed by atoms with E-state index in [1.807, 2.05) is 13.1 Å². The van der Waals surface area contributed by atoms with E-state index in [9.17, 15) is 9.18 Å². The highest BCUT2D eigenvalue weighted by Crippen LogP contribution is 2.33. The van der Waals surface area contributed by atoms with Gasteiger partial charge in [-0.25, -0.2) is 4.39 Å². The molecule has 1 aliphatic carbocycles. The first kappa shape index (κ1) is 21.1. The third kappa shape index (κ3) is 5.39. The zero-order valence-corrected chi connectivity index (χ0v) is 16.2. The normalized spacial score (nSPS) is 23.3. The molecule has 0 spiro atoms. The zero-order chi connectivity index (χ0) is 17.9. The highest BCUT2D eigenvalue weighted by atomic mass is 35.5. The zero-order valence-electron chi connectivity index (χ0n) is 15.3. The molecule has 4 N–H and O–H groups in total. The van der Waals surface area contributed by atoms with Gasteiger partial charge in [0.25, 0.3) is 0 Å². The van der Waals surface area contributed by atoms with E-state index in [1.165, 1.54) is 6.07 Å². The van der Waals surface area contributed by atoms with Crippen LogP contribution in [0.3, 0.4) is 0 Å². The molecule has 146 valence electrons. The molecule has 1 amide bonds. The van der Waals surface area contributed by atoms with Crippen LogP contribution in [0.4, 0.5) is 4.39 Å². The second-order valence-corrected chi connectivity index (χ2v) is 7.56. The lowest BCUT2D eigenvalue weighted by Gasteiger charge is -2.20. The van der Waals surface area contributed by atoms with Crippen LogP contribution >= 0.6 is 12.4 Å². The van der Waals surface area contributed by atoms with Crippen LogP contribution in [0.1, 0.15) is 56.6 Å². The fourth-order valence-electron chi connectivity index (χ4n) is 3.50. The number of amides is 1. The molecule has 0 radical (unpaired) electrons. The molecule has 1 aliphatic heterocycles. The van der Waals surface area contributed by atoms with Crippen molar-refractivity contribution in [3.8, 4) is 0 Å². The maximum absolute atomic E-state index is 13.3. The van der Waals surface area contributed by atoms with E-state index in [1.54, 1.807) is 17.0 Å². The quantitative estimate of drug-likeness (QED) is 0.603. The predicted octanol–water partition coefficient (Wildman–Crippen LogP) is 2.67. The number of carbonyl (C=O) groups is 1. The summed E-state index contributed by atoms with van der Waals surface area (Å²) >= 11 is 0. The van der Waals surface area contributed by atoms with Crippen molar-refractivity contribution in [2.24, 2.45) is 5.73 Å². The minimum absolute atomic E-state index is 0. The Labute approximate surface area is 161 Å². The summed E-state index contributed by atoms with van der Waals surface area (Å²) in [6.45, 7) is 0.778. The molecule has 2 unspecified atom stereocenters. The smallest absolute Gasteiger partial charge is 0.242 e. The second-order valence-electron chi connectivity index (χ2n) is 7.56. The number of hydrazine groups is 1. The number of carbonyl (C=O) groups excluding carboxylic acids is 1. The summed E-state index contributed by atoms with van der Waals surface area (Å²) in [5.41, 5.74) is 13.0. The Morgan fingerprint density at radius 3 is 2.77 bits per heavy atom. The van der Waals surface area contributed by atoms with Crippen LogP contribution in [-0.2, 0) is 4.79 Å². The standard InChI is InChI=1S/C19H29FN4O.ClH/c1-24(18(25)19(21)9-10-19)11-4-2-3-8-16-13-17(23-22-16)14-6-5-7-15(20)12-14;/h5-7,12,16-17,22-23H,2-4,8-11,13,21H2,1H3;1H. The Bertz CT molecular complexity index is 611. The van der Waals surface area contributed by atoms with Gasteiger partial charge in [0.2, 0.25) is 5.91 Å². The monoisotopic (exact) mass is 384 g/mol. The van der Waals surface area contributed by atoms with Crippen LogP contribution in [0.25, 0.3) is 0 Å². The van der Waals surface area contributed by atoms with Gasteiger partial charge in [0.1, 0.15) is 5.82 Å². The van der Waals surface area contributed by atoms with Crippen molar-refractivity contribution in [1.82, 2.24) is 15.8 Å². The van der Waals surface area contributed by atoms with E-state index in [0.29, 0.717) is 6.04 Å². The SMILES string of the molecule is CN(CCCCCC1CC(c2cccc(F)c2)NN1)C(=O)C1(N)CC1.Cl. The number of hydrogen-bond acceptors (Lipinski definition) is 4. The molecule has 0 aromatic heterocycles. The third-order valence-electron chi connectivity index (χ3n) is 5.34. The minimum atomic E-state index is -0.555. The van der Waals surface area contributed by atoms with Crippen molar-refractivity contribution in [3.05, 3.63) is 35.6 Å². The molecule has 2 aliphatic rings. The fourth-order valence-corrected chi connectivity index (χ4v) is 3.50. The van der Waals surface area contributed by atoms with Gasteiger partial charge >= 0.3 is 0 Å². The molecule has 1 aromatic carbocycles. The highest BCUT2D eigenvalue weighted by Gasteiger charge is 2.47. The lowest BCUT2D eigenvalue weighted by Crippen LogP contribution is -2.44. The molecule has 1 saturated heterocycles. The van der Waals surface area contributed by atoms with Gasteiger partial charge in [0.05, 0.1) is 5.54 Å². The van der Waals surface area contributed by atoms with Crippen LogP contribution in [0.5, 0.6) is 0 Å². The Morgan fingerprint density at radius 2 is 2.08 bits per heavy atom. The Morgan fingerprint density at radius 1 is 1.31 bits per heavy atom. The van der Waals surface area contributed by atoms with E-state index < -0.39 is 5.54 Å². The van der Waals surface area contributed by atoms with E-state index in [4.69, 9.17) is 5.73 Å². The first-order chi connectivity index (χ1) is 12.0. The largest absolute Gasteiger partial charge is 0.344 e. The molecule has 1 heterocycles. The lowest BCUT2D eigenvalue weighted by molar-refractivity contribution is -0.132. The van der Waals surface area contributed by atoms with Gasteiger partial charge < -0.3 is 10.6 Å². The van der Waals surface area contributed by atoms with Crippen LogP contribution in [-0.4, -0.2) is 36.0 Å². The molecular formula is C19H30ClFN4O. The molecule has 3 rings (SSSR count). The molecule has 7 heteroatoms. The summed E-state index contributed by atoms with van der Waals surface area (Å²) in [6.07, 6.45) is 6.91. The summed E-state index contributed by atoms with van der Waals surface area (Å²) in [5, 5.41) is 0. The van der Waals surface area contributed by atoms with E-state index in [0.717, 1.165) is 57.1 Å². The number of benzene rings is 1. The molecule has 26 heavy (non-hydrogen) atoms. The third-order valence-corrected chi connectivity index (χ3v) is 5.34. The van der Waals surface area contributed by atoms with Crippen molar-refractivity contribution in [2.75, 3.05) is 13.6 Å². The van der Waals surface area contributed by atoms with Crippen LogP contribution in [0, 0.1) is 5.82 Å². The maximum Gasteiger partial charge on any atom is 0.242 e. The molecular weight excluding hydrogens is 355 g/mol. The molecule has 2 atom stereocenters. The van der Waals surface area contributed by atoms with Crippen LogP contribution < -0.4 is 16.6 Å². The van der Waals surface area contributed by atoms with E-state index >= 15 is 0 Å². The number of nitrogens with zero attached hydrogens (tertiary/aromatic N) is 1. The second kappa shape index (κ2) is 9.13. The lowest BCUT2D eigenvalue weighted by atomic mass is 9.99. The summed E-state index contributed by atoms with van der Waals surface area (Å²) in [5.74, 6) is -0.0982. The maximum atomic E-state index is 13.3. The fraction of sp³-hybridized carbons (Fsp3) is 0.632. The van der Waals surface area contributed by atoms with E-state index in [2.05, 4.69) is 10.9 Å². The van der Waals surface area contributed by atoms with Crippen molar-refractivity contribution in [1.29, 1.82) is 0 Å². The van der Waals surface area contributed by atoms with Crippen molar-refractivity contribution in [3.63, 3.8) is 0 Å². The van der Waals surface area contributed by atoms with Crippen LogP contribution in [0.15, 0.2) is 24.3 Å². The van der Waals surface area contributed by atoms with Gasteiger partial charge in [-0.05, 0) is 49.8 Å². The van der Waals surface area contributed by atoms with Gasteiger partial charge in [0, 0.05) is 25.7 Å². The molecule has 5 nitrogen and oxygen atoms in total. The molecule has 0 bridgehead atoms. The molecule has 1 saturated carbocycles. The minimum Gasteiger partial charge on any atom is -0.344 e. The number of nitrogens with one attached hydrogen (secondary N) is 2. The number of likely N-dealkylation sites (N-methyl/N-ethyl adjacent to an activating group) is 1. The van der Waals surface area contributed by atoms with Crippen LogP contribution in [0.2, 0.25) is 0 Å². The molecule has 1 aromatic rings. The van der Waals surface area contributed by atoms with Gasteiger partial charge in [-0.3, -0.25) is 15.6 Å². The first-order valence-electron chi connectivity index (χ1n) is 9.29. The predicted molar refractivity (Wildman–Crippen MR) is 103 cm³/mol. The topological polar surface area (TPSA) is 70.4 Å². The van der Waals surface area contributed by atoms with Crippen molar-refractivity contribution >= 4 is 18.3 Å². The average Bonchev–Trinajstić information content (AvgIpc) is 3.17. The van der Waals surface area contributed by atoms with E-state index in [-0.39, 0.29) is 30.2 Å². The van der Waals surface area contributed by atoms with Gasteiger partial charge in [0.15, 0.2) is 0 Å². The summed E-state index contributed by atoms with van der Waals surface area (Å²) < 4.78 is 13.3. The van der Waals surface area contributed by atoms with Gasteiger partial charge in [-0.15, -0.1) is 12.4 Å². The Hall–Kier alpha value is -1.21. The molecule has 2 fully saturated rings. The summed E-state index contributed by atoms with van der Waals surface area (Å²) in [4.78, 5) is 13.8. The number of halogens is 2. The number of rotatable bonds is 8. The number of unbranched alkanes of at least 4 members (excludes halogenated alkanes) is 2. The number of nitrogens with two attached hydrogens (primary N) is 1. The number of hydrogen-bond donors (Lipinski definition) is 3. The van der Waals surface area contributed by atoms with Gasteiger partial charge in [-0.2, -0.15) is 0 Å². The summed E-state index contributed by atoms with van der Waals surface area (Å²) in [7, 11) is 1.85. The van der Waals surface area contributed by atoms with Crippen molar-refractivity contribution in [2.45, 2.75) is 62.6 Å². The average molecular weight is 385 g/mol. The first-order valence-corrected chi connectivity index (χ1v) is 9.29. The Balaban J connectivity index is 0.00000243.